The fourth-order valence-electron chi connectivity index (χ4n) is 7.48. The summed E-state index contributed by atoms with van der Waals surface area (Å²) in [6.45, 7) is 0.463. The molecule has 0 saturated heterocycles. The van der Waals surface area contributed by atoms with Crippen LogP contribution in [0, 0.1) is 5.82 Å². The molecule has 2 N–H and O–H groups in total. The summed E-state index contributed by atoms with van der Waals surface area (Å²) in [7, 11) is 0. The first-order chi connectivity index (χ1) is 36.9. The first-order valence-corrected chi connectivity index (χ1v) is 25.0. The summed E-state index contributed by atoms with van der Waals surface area (Å²) in [4.78, 5) is 24.6. The number of phenols is 2. The first-order valence-electron chi connectivity index (χ1n) is 23.9. The number of hydrogen-bond acceptors (Lipinski definition) is 7. The molecular formula is C66H52Cl3FO7. The lowest BCUT2D eigenvalue weighted by Gasteiger charge is -2.10. The Kier molecular flexibility index (Phi) is 20.2. The molecule has 0 amide bonds. The van der Waals surface area contributed by atoms with Crippen LogP contribution in [0.1, 0.15) is 67.1 Å². The van der Waals surface area contributed by atoms with Crippen LogP contribution in [-0.2, 0) is 19.4 Å². The fraction of sp³-hybridized carbons (Fsp3) is 0.0606. The number of halogens is 4. The molecule has 0 aliphatic rings. The number of aromatic hydroxyl groups is 2. The van der Waals surface area contributed by atoms with Crippen molar-refractivity contribution < 1.29 is 38.4 Å². The van der Waals surface area contributed by atoms with E-state index < -0.39 is 0 Å². The maximum Gasteiger partial charge on any atom is 0.193 e. The number of benzene rings is 10. The molecule has 0 heterocycles. The lowest BCUT2D eigenvalue weighted by molar-refractivity contribution is 0.103. The van der Waals surface area contributed by atoms with Crippen LogP contribution in [0.3, 0.4) is 0 Å². The zero-order valence-corrected chi connectivity index (χ0v) is 42.9. The number of ketones is 2. The minimum absolute atomic E-state index is 0. The molecule has 0 radical (unpaired) electrons. The average molecular weight is 1080 g/mol. The molecule has 0 bridgehead atoms. The minimum atomic E-state index is -0.354. The second kappa shape index (κ2) is 27.8. The maximum atomic E-state index is 12.7. The van der Waals surface area contributed by atoms with Crippen molar-refractivity contribution in [3.05, 3.63) is 314 Å². The van der Waals surface area contributed by atoms with Crippen LogP contribution < -0.4 is 14.2 Å². The van der Waals surface area contributed by atoms with E-state index in [0.29, 0.717) is 49.7 Å². The fourth-order valence-corrected chi connectivity index (χ4v) is 7.86. The summed E-state index contributed by atoms with van der Waals surface area (Å²) in [6.07, 6.45) is 1.59. The third-order valence-corrected chi connectivity index (χ3v) is 12.3. The zero-order chi connectivity index (χ0) is 53.2. The summed E-state index contributed by atoms with van der Waals surface area (Å²) < 4.78 is 30.5. The van der Waals surface area contributed by atoms with Crippen LogP contribution in [0.15, 0.2) is 243 Å². The third kappa shape index (κ3) is 17.5. The molecule has 0 saturated carbocycles. The van der Waals surface area contributed by atoms with Crippen LogP contribution in [0.2, 0.25) is 15.1 Å². The van der Waals surface area contributed by atoms with Crippen LogP contribution in [-0.4, -0.2) is 21.8 Å². The largest absolute Gasteiger partial charge is 0.508 e. The Morgan fingerprint density at radius 2 is 0.584 bits per heavy atom. The van der Waals surface area contributed by atoms with Crippen molar-refractivity contribution in [3.63, 3.8) is 0 Å². The molecule has 0 aromatic heterocycles. The predicted octanol–water partition coefficient (Wildman–Crippen LogP) is 18.0. The van der Waals surface area contributed by atoms with Crippen molar-refractivity contribution >= 4 is 46.4 Å². The van der Waals surface area contributed by atoms with Crippen LogP contribution >= 0.6 is 34.8 Å². The Balaban J connectivity index is 0.000000218. The average Bonchev–Trinajstić information content (AvgIpc) is 3.44. The molecule has 77 heavy (non-hydrogen) atoms. The smallest absolute Gasteiger partial charge is 0.193 e. The van der Waals surface area contributed by atoms with Gasteiger partial charge in [0.05, 0.1) is 0 Å². The molecule has 10 aromatic rings. The van der Waals surface area contributed by atoms with Gasteiger partial charge in [-0.05, 0) is 223 Å². The highest BCUT2D eigenvalue weighted by atomic mass is 35.5. The summed E-state index contributed by atoms with van der Waals surface area (Å²) in [5.41, 5.74) is 7.84. The Morgan fingerprint density at radius 1 is 0.338 bits per heavy atom. The van der Waals surface area contributed by atoms with E-state index in [2.05, 4.69) is 24.3 Å². The number of rotatable bonds is 15. The van der Waals surface area contributed by atoms with Crippen molar-refractivity contribution in [1.29, 1.82) is 0 Å². The monoisotopic (exact) mass is 1080 g/mol. The Morgan fingerprint density at radius 3 is 0.922 bits per heavy atom. The normalized spacial score (nSPS) is 10.3. The van der Waals surface area contributed by atoms with E-state index in [-0.39, 0.29) is 36.3 Å². The molecule has 7 nitrogen and oxygen atoms in total. The molecule has 0 aliphatic carbocycles. The maximum absolute atomic E-state index is 12.7. The van der Waals surface area contributed by atoms with Crippen molar-refractivity contribution in [2.45, 2.75) is 26.9 Å². The topological polar surface area (TPSA) is 102 Å². The van der Waals surface area contributed by atoms with Gasteiger partial charge in [-0.25, -0.2) is 4.39 Å². The van der Waals surface area contributed by atoms with Gasteiger partial charge in [0, 0.05) is 37.3 Å². The lowest BCUT2D eigenvalue weighted by Crippen LogP contribution is -2.00. The van der Waals surface area contributed by atoms with E-state index in [0.717, 1.165) is 58.1 Å². The van der Waals surface area contributed by atoms with Gasteiger partial charge in [0.1, 0.15) is 52.7 Å². The van der Waals surface area contributed by atoms with Gasteiger partial charge in [-0.2, -0.15) is 0 Å². The molecule has 386 valence electrons. The van der Waals surface area contributed by atoms with E-state index >= 15 is 0 Å². The molecule has 0 fully saturated rings. The SMILES string of the molecule is C.O=C(c1ccc(Cl)cc1)c1ccc(Oc2ccc(Cc3ccc(Oc4ccc(COc5ccc(Cl)cc5)cc4)cc3)cc2)cc1.O=C(c1ccc(F)cc1)c1ccc(Cl)cc1.Oc1ccc(Cc2ccc(O)cc2)cc1. The molecule has 11 heteroatoms. The molecule has 0 spiro atoms. The summed E-state index contributed by atoms with van der Waals surface area (Å²) in [5, 5.41) is 20.1. The van der Waals surface area contributed by atoms with E-state index in [1.165, 1.54) is 29.8 Å². The summed E-state index contributed by atoms with van der Waals surface area (Å²) in [5.74, 6) is 3.70. The molecule has 0 aliphatic heterocycles. The molecule has 10 rings (SSSR count). The number of hydrogen-bond donors (Lipinski definition) is 2. The van der Waals surface area contributed by atoms with E-state index in [9.17, 15) is 14.0 Å². The van der Waals surface area contributed by atoms with E-state index in [1.807, 2.05) is 97.1 Å². The van der Waals surface area contributed by atoms with Gasteiger partial charge in [0.25, 0.3) is 0 Å². The van der Waals surface area contributed by atoms with Gasteiger partial charge in [0.2, 0.25) is 0 Å². The highest BCUT2D eigenvalue weighted by Crippen LogP contribution is 2.27. The van der Waals surface area contributed by atoms with Crippen molar-refractivity contribution in [3.8, 4) is 40.2 Å². The summed E-state index contributed by atoms with van der Waals surface area (Å²) >= 11 is 17.6. The predicted molar refractivity (Wildman–Crippen MR) is 306 cm³/mol. The van der Waals surface area contributed by atoms with Crippen molar-refractivity contribution in [2.75, 3.05) is 0 Å². The van der Waals surface area contributed by atoms with Crippen LogP contribution in [0.4, 0.5) is 4.39 Å². The van der Waals surface area contributed by atoms with Gasteiger partial charge in [0.15, 0.2) is 11.6 Å². The van der Waals surface area contributed by atoms with Gasteiger partial charge < -0.3 is 24.4 Å². The van der Waals surface area contributed by atoms with Gasteiger partial charge >= 0.3 is 0 Å². The molecule has 0 unspecified atom stereocenters. The van der Waals surface area contributed by atoms with Crippen molar-refractivity contribution in [1.82, 2.24) is 0 Å². The van der Waals surface area contributed by atoms with Gasteiger partial charge in [-0.15, -0.1) is 0 Å². The summed E-state index contributed by atoms with van der Waals surface area (Å²) in [6, 6.07) is 71.6. The number of ether oxygens (including phenoxy) is 3. The molecule has 10 aromatic carbocycles. The third-order valence-electron chi connectivity index (χ3n) is 11.6. The Labute approximate surface area is 462 Å². The van der Waals surface area contributed by atoms with Crippen LogP contribution in [0.5, 0.6) is 40.2 Å². The van der Waals surface area contributed by atoms with Crippen molar-refractivity contribution in [2.24, 2.45) is 0 Å². The highest BCUT2D eigenvalue weighted by Gasteiger charge is 2.11. The standard InChI is InChI=1S/C39H28Cl2O4.C13H8ClFO.C13H12O2.CH4/c40-32-11-7-30(8-12-32)39(42)31-9-21-38(22-10-31)45-36-17-3-28(4-18-36)25-27-1-15-35(16-2-27)44-37-19-5-29(6-20-37)26-43-34-23-13-33(41)14-24-34;14-11-5-1-9(2-6-11)13(16)10-3-7-12(15)8-4-10;14-12-5-1-10(2-6-12)9-11-3-7-13(15)8-4-11;/h1-24H,25-26H2;1-8H;1-8,14-15H,9H2;1H4. The quantitative estimate of drug-likeness (QED) is 0.0986. The first kappa shape index (κ1) is 56.1. The number of phenolic OH excluding ortho intramolecular Hbond substituents is 2. The minimum Gasteiger partial charge on any atom is -0.508 e. The lowest BCUT2D eigenvalue weighted by atomic mass is 10.0. The highest BCUT2D eigenvalue weighted by molar-refractivity contribution is 6.31. The van der Waals surface area contributed by atoms with E-state index in [4.69, 9.17) is 59.2 Å². The van der Waals surface area contributed by atoms with Gasteiger partial charge in [-0.3, -0.25) is 9.59 Å². The Bertz CT molecular complexity index is 3340. The van der Waals surface area contributed by atoms with Gasteiger partial charge in [-0.1, -0.05) is 103 Å². The van der Waals surface area contributed by atoms with Crippen LogP contribution in [0.25, 0.3) is 0 Å². The molecule has 0 atom stereocenters. The number of carbonyl (C=O) groups is 2. The second-order valence-corrected chi connectivity index (χ2v) is 18.6. The number of carbonyl (C=O) groups excluding carboxylic acids is 2. The molecular weight excluding hydrogens is 1030 g/mol. The van der Waals surface area contributed by atoms with E-state index in [1.54, 1.807) is 97.1 Å². The Hall–Kier alpha value is -8.66. The zero-order valence-electron chi connectivity index (χ0n) is 40.7. The second-order valence-electron chi connectivity index (χ2n) is 17.3.